The van der Waals surface area contributed by atoms with E-state index >= 15 is 0 Å². The third-order valence-corrected chi connectivity index (χ3v) is 2.97. The van der Waals surface area contributed by atoms with Crippen LogP contribution in [0.5, 0.6) is 0 Å². The average Bonchev–Trinajstić information content (AvgIpc) is 2.29. The molecule has 0 fully saturated rings. The van der Waals surface area contributed by atoms with Crippen molar-refractivity contribution >= 4 is 5.91 Å². The number of primary amides is 1. The van der Waals surface area contributed by atoms with Crippen molar-refractivity contribution in [2.24, 2.45) is 5.73 Å². The van der Waals surface area contributed by atoms with Crippen LogP contribution < -0.4 is 5.73 Å². The number of amides is 1. The smallest absolute Gasteiger partial charge is 0.248 e. The summed E-state index contributed by atoms with van der Waals surface area (Å²) in [6.07, 6.45) is 5.47. The quantitative estimate of drug-likeness (QED) is 0.799. The molecule has 0 atom stereocenters. The number of carbonyl (C=O) groups is 1. The highest BCUT2D eigenvalue weighted by Crippen LogP contribution is 2.15. The van der Waals surface area contributed by atoms with Gasteiger partial charge in [0.25, 0.3) is 0 Å². The van der Waals surface area contributed by atoms with Gasteiger partial charge in [0.05, 0.1) is 5.54 Å². The van der Waals surface area contributed by atoms with Gasteiger partial charge in [-0.05, 0) is 38.6 Å². The number of terminal acetylenes is 1. The van der Waals surface area contributed by atoms with Gasteiger partial charge in [-0.2, -0.15) is 0 Å². The third-order valence-electron chi connectivity index (χ3n) is 2.97. The summed E-state index contributed by atoms with van der Waals surface area (Å²) in [6, 6.07) is 7.25. The Bertz CT molecular complexity index is 440. The van der Waals surface area contributed by atoms with Crippen molar-refractivity contribution in [1.29, 1.82) is 0 Å². The Morgan fingerprint density at radius 2 is 1.94 bits per heavy atom. The maximum absolute atomic E-state index is 10.9. The Kier molecular flexibility index (Phi) is 3.93. The minimum absolute atomic E-state index is 0.289. The molecular formula is C14H18N2O. The van der Waals surface area contributed by atoms with Crippen LogP contribution in [-0.2, 0) is 6.54 Å². The minimum atomic E-state index is -0.408. The summed E-state index contributed by atoms with van der Waals surface area (Å²) < 4.78 is 0. The van der Waals surface area contributed by atoms with E-state index in [2.05, 4.69) is 10.8 Å². The largest absolute Gasteiger partial charge is 0.366 e. The molecule has 90 valence electrons. The Balaban J connectivity index is 2.77. The van der Waals surface area contributed by atoms with Gasteiger partial charge in [-0.3, -0.25) is 9.69 Å². The molecule has 1 rings (SSSR count). The molecular weight excluding hydrogens is 212 g/mol. The van der Waals surface area contributed by atoms with E-state index in [1.54, 1.807) is 12.1 Å². The predicted molar refractivity (Wildman–Crippen MR) is 69.3 cm³/mol. The van der Waals surface area contributed by atoms with E-state index in [1.165, 1.54) is 0 Å². The highest BCUT2D eigenvalue weighted by atomic mass is 16.1. The number of rotatable bonds is 4. The SMILES string of the molecule is C#CC(C)(C)N(C)Cc1ccc(C(N)=O)cc1. The minimum Gasteiger partial charge on any atom is -0.366 e. The molecule has 1 aromatic rings. The van der Waals surface area contributed by atoms with E-state index in [-0.39, 0.29) is 5.54 Å². The van der Waals surface area contributed by atoms with Crippen LogP contribution >= 0.6 is 0 Å². The summed E-state index contributed by atoms with van der Waals surface area (Å²) in [6.45, 7) is 4.71. The van der Waals surface area contributed by atoms with Gasteiger partial charge in [-0.1, -0.05) is 18.1 Å². The first-order chi connectivity index (χ1) is 7.86. The zero-order chi connectivity index (χ0) is 13.1. The zero-order valence-electron chi connectivity index (χ0n) is 10.5. The van der Waals surface area contributed by atoms with Crippen LogP contribution in [0.15, 0.2) is 24.3 Å². The fraction of sp³-hybridized carbons (Fsp3) is 0.357. The summed E-state index contributed by atoms with van der Waals surface area (Å²) in [7, 11) is 1.97. The molecule has 1 aromatic carbocycles. The first kappa shape index (κ1) is 13.3. The lowest BCUT2D eigenvalue weighted by atomic mass is 10.0. The van der Waals surface area contributed by atoms with Crippen molar-refractivity contribution in [3.8, 4) is 12.3 Å². The highest BCUT2D eigenvalue weighted by molar-refractivity contribution is 5.92. The second kappa shape index (κ2) is 5.03. The molecule has 0 aliphatic rings. The topological polar surface area (TPSA) is 46.3 Å². The van der Waals surface area contributed by atoms with E-state index in [1.807, 2.05) is 33.0 Å². The average molecular weight is 230 g/mol. The van der Waals surface area contributed by atoms with Crippen LogP contribution in [0.4, 0.5) is 0 Å². The monoisotopic (exact) mass is 230 g/mol. The van der Waals surface area contributed by atoms with Crippen molar-refractivity contribution in [1.82, 2.24) is 4.90 Å². The maximum Gasteiger partial charge on any atom is 0.248 e. The Morgan fingerprint density at radius 3 is 2.35 bits per heavy atom. The molecule has 0 aliphatic carbocycles. The van der Waals surface area contributed by atoms with Crippen LogP contribution in [0.3, 0.4) is 0 Å². The molecule has 0 aliphatic heterocycles. The molecule has 0 spiro atoms. The molecule has 0 bridgehead atoms. The fourth-order valence-corrected chi connectivity index (χ4v) is 1.36. The predicted octanol–water partition coefficient (Wildman–Crippen LogP) is 1.63. The van der Waals surface area contributed by atoms with Crippen molar-refractivity contribution in [2.75, 3.05) is 7.05 Å². The van der Waals surface area contributed by atoms with Crippen LogP contribution in [0.2, 0.25) is 0 Å². The van der Waals surface area contributed by atoms with E-state index in [9.17, 15) is 4.79 Å². The van der Waals surface area contributed by atoms with Gasteiger partial charge in [0.15, 0.2) is 0 Å². The Morgan fingerprint density at radius 1 is 1.41 bits per heavy atom. The van der Waals surface area contributed by atoms with Crippen molar-refractivity contribution in [3.63, 3.8) is 0 Å². The first-order valence-corrected chi connectivity index (χ1v) is 5.44. The molecule has 0 aromatic heterocycles. The summed E-state index contributed by atoms with van der Waals surface area (Å²) in [4.78, 5) is 13.0. The van der Waals surface area contributed by atoms with Crippen molar-refractivity contribution in [3.05, 3.63) is 35.4 Å². The molecule has 3 nitrogen and oxygen atoms in total. The first-order valence-electron chi connectivity index (χ1n) is 5.44. The van der Waals surface area contributed by atoms with E-state index < -0.39 is 5.91 Å². The van der Waals surface area contributed by atoms with Gasteiger partial charge in [0, 0.05) is 12.1 Å². The third kappa shape index (κ3) is 3.33. The van der Waals surface area contributed by atoms with E-state index in [0.29, 0.717) is 5.56 Å². The summed E-state index contributed by atoms with van der Waals surface area (Å²) >= 11 is 0. The lowest BCUT2D eigenvalue weighted by molar-refractivity contribution is 0.1000. The second-order valence-corrected chi connectivity index (χ2v) is 4.62. The molecule has 1 amide bonds. The number of nitrogens with zero attached hydrogens (tertiary/aromatic N) is 1. The van der Waals surface area contributed by atoms with Gasteiger partial charge < -0.3 is 5.73 Å². The summed E-state index contributed by atoms with van der Waals surface area (Å²) in [5, 5.41) is 0. The molecule has 17 heavy (non-hydrogen) atoms. The fourth-order valence-electron chi connectivity index (χ4n) is 1.36. The molecule has 0 saturated carbocycles. The summed E-state index contributed by atoms with van der Waals surface area (Å²) in [5.41, 5.74) is 6.51. The number of hydrogen-bond acceptors (Lipinski definition) is 2. The van der Waals surface area contributed by atoms with Gasteiger partial charge in [-0.25, -0.2) is 0 Å². The van der Waals surface area contributed by atoms with Crippen LogP contribution in [0.1, 0.15) is 29.8 Å². The molecule has 0 unspecified atom stereocenters. The molecule has 0 heterocycles. The lowest BCUT2D eigenvalue weighted by Gasteiger charge is -2.30. The number of benzene rings is 1. The molecule has 0 saturated heterocycles. The van der Waals surface area contributed by atoms with E-state index in [4.69, 9.17) is 12.2 Å². The molecule has 2 N–H and O–H groups in total. The van der Waals surface area contributed by atoms with Crippen molar-refractivity contribution in [2.45, 2.75) is 25.9 Å². The summed E-state index contributed by atoms with van der Waals surface area (Å²) in [5.74, 6) is 2.33. The maximum atomic E-state index is 10.9. The Hall–Kier alpha value is -1.79. The normalized spacial score (nSPS) is 11.2. The van der Waals surface area contributed by atoms with Gasteiger partial charge in [0.1, 0.15) is 0 Å². The molecule has 3 heteroatoms. The van der Waals surface area contributed by atoms with Crippen LogP contribution in [-0.4, -0.2) is 23.4 Å². The second-order valence-electron chi connectivity index (χ2n) is 4.62. The van der Waals surface area contributed by atoms with Crippen molar-refractivity contribution < 1.29 is 4.79 Å². The number of hydrogen-bond donors (Lipinski definition) is 1. The number of nitrogens with two attached hydrogens (primary N) is 1. The van der Waals surface area contributed by atoms with Crippen LogP contribution in [0, 0.1) is 12.3 Å². The zero-order valence-corrected chi connectivity index (χ0v) is 10.5. The number of carbonyl (C=O) groups excluding carboxylic acids is 1. The standard InChI is InChI=1S/C14H18N2O/c1-5-14(2,3)16(4)10-11-6-8-12(9-7-11)13(15)17/h1,6-9H,10H2,2-4H3,(H2,15,17). The molecule has 0 radical (unpaired) electrons. The lowest BCUT2D eigenvalue weighted by Crippen LogP contribution is -2.39. The highest BCUT2D eigenvalue weighted by Gasteiger charge is 2.20. The van der Waals surface area contributed by atoms with Gasteiger partial charge in [-0.15, -0.1) is 6.42 Å². The van der Waals surface area contributed by atoms with Gasteiger partial charge in [0.2, 0.25) is 5.91 Å². The van der Waals surface area contributed by atoms with Gasteiger partial charge >= 0.3 is 0 Å². The van der Waals surface area contributed by atoms with E-state index in [0.717, 1.165) is 12.1 Å². The van der Waals surface area contributed by atoms with Crippen LogP contribution in [0.25, 0.3) is 0 Å². The Labute approximate surface area is 103 Å².